The monoisotopic (exact) mass is 463 g/mol. The normalized spacial score (nSPS) is 14.2. The zero-order valence-corrected chi connectivity index (χ0v) is 19.8. The van der Waals surface area contributed by atoms with E-state index in [0.29, 0.717) is 5.75 Å². The van der Waals surface area contributed by atoms with Crippen LogP contribution in [0.1, 0.15) is 40.2 Å². The van der Waals surface area contributed by atoms with Gasteiger partial charge in [0.25, 0.3) is 5.91 Å². The maximum atomic E-state index is 12.0. The fourth-order valence-corrected chi connectivity index (χ4v) is 3.97. The lowest BCUT2D eigenvalue weighted by Crippen LogP contribution is -2.26. The molecule has 2 aromatic carbocycles. The van der Waals surface area contributed by atoms with Crippen LogP contribution in [0.3, 0.4) is 0 Å². The van der Waals surface area contributed by atoms with Crippen molar-refractivity contribution in [2.45, 2.75) is 26.0 Å². The summed E-state index contributed by atoms with van der Waals surface area (Å²) in [5, 5.41) is 14.5. The summed E-state index contributed by atoms with van der Waals surface area (Å²) < 4.78 is 11.1. The van der Waals surface area contributed by atoms with Crippen LogP contribution < -0.4 is 21.1 Å². The highest BCUT2D eigenvalue weighted by Crippen LogP contribution is 2.33. The number of hydrogen-bond donors (Lipinski definition) is 3. The third-order valence-corrected chi connectivity index (χ3v) is 5.90. The Balaban J connectivity index is 1.68. The molecule has 0 radical (unpaired) electrons. The maximum absolute atomic E-state index is 12.0. The van der Waals surface area contributed by atoms with E-state index in [1.807, 2.05) is 37.3 Å². The average molecular weight is 464 g/mol. The van der Waals surface area contributed by atoms with E-state index in [4.69, 9.17) is 15.2 Å². The van der Waals surface area contributed by atoms with Gasteiger partial charge in [-0.25, -0.2) is 0 Å². The number of hydrogen-bond acceptors (Lipinski definition) is 9. The van der Waals surface area contributed by atoms with Crippen LogP contribution in [0.25, 0.3) is 0 Å². The summed E-state index contributed by atoms with van der Waals surface area (Å²) in [6.07, 6.45) is 0.762. The second kappa shape index (κ2) is 10.0. The third-order valence-electron chi connectivity index (χ3n) is 5.90. The summed E-state index contributed by atoms with van der Waals surface area (Å²) in [6.45, 7) is 3.78. The predicted molar refractivity (Wildman–Crippen MR) is 130 cm³/mol. The lowest BCUT2D eigenvalue weighted by atomic mass is 9.99. The van der Waals surface area contributed by atoms with Gasteiger partial charge in [-0.05, 0) is 49.7 Å². The highest BCUT2D eigenvalue weighted by atomic mass is 16.5. The van der Waals surface area contributed by atoms with E-state index in [-0.39, 0.29) is 23.6 Å². The van der Waals surface area contributed by atoms with Crippen molar-refractivity contribution < 1.29 is 14.3 Å². The van der Waals surface area contributed by atoms with Crippen LogP contribution in [-0.4, -0.2) is 53.8 Å². The van der Waals surface area contributed by atoms with Crippen LogP contribution in [0.4, 0.5) is 23.1 Å². The SMILES string of the molecule is COc1cc2c(cc1Nc1nnc(C(N)=O)c(Nc3ccccc3C(C)OC)n1)CCN(C)C2. The van der Waals surface area contributed by atoms with Crippen LogP contribution in [0.2, 0.25) is 0 Å². The molecule has 178 valence electrons. The number of carbonyl (C=O) groups excluding carboxylic acids is 1. The number of amides is 1. The molecule has 0 aliphatic carbocycles. The highest BCUT2D eigenvalue weighted by Gasteiger charge is 2.20. The van der Waals surface area contributed by atoms with E-state index in [2.05, 4.69) is 43.8 Å². The number of aromatic nitrogens is 3. The van der Waals surface area contributed by atoms with Crippen molar-refractivity contribution in [3.05, 3.63) is 58.8 Å². The first-order valence-corrected chi connectivity index (χ1v) is 11.0. The first kappa shape index (κ1) is 23.4. The minimum Gasteiger partial charge on any atom is -0.495 e. The second-order valence-electron chi connectivity index (χ2n) is 8.22. The maximum Gasteiger partial charge on any atom is 0.273 e. The Labute approximate surface area is 198 Å². The van der Waals surface area contributed by atoms with Gasteiger partial charge in [-0.1, -0.05) is 18.2 Å². The molecule has 1 amide bonds. The molecule has 1 aliphatic heterocycles. The van der Waals surface area contributed by atoms with E-state index in [9.17, 15) is 4.79 Å². The summed E-state index contributed by atoms with van der Waals surface area (Å²) in [7, 11) is 5.35. The van der Waals surface area contributed by atoms with E-state index >= 15 is 0 Å². The lowest BCUT2D eigenvalue weighted by Gasteiger charge is -2.26. The van der Waals surface area contributed by atoms with Crippen LogP contribution in [0.5, 0.6) is 5.75 Å². The molecular formula is C24H29N7O3. The van der Waals surface area contributed by atoms with Crippen molar-refractivity contribution >= 4 is 29.0 Å². The topological polar surface area (TPSA) is 128 Å². The Hall–Kier alpha value is -3.76. The number of primary amides is 1. The highest BCUT2D eigenvalue weighted by molar-refractivity contribution is 5.96. The minimum absolute atomic E-state index is 0.0640. The van der Waals surface area contributed by atoms with E-state index in [1.54, 1.807) is 14.2 Å². The standard InChI is InChI=1S/C24H29N7O3/c1-14(33-3)17-7-5-6-8-18(17)26-23-21(22(25)32)29-30-24(28-23)27-19-11-15-9-10-31(2)13-16(15)12-20(19)34-4/h5-8,11-12,14H,9-10,13H2,1-4H3,(H2,25,32)(H2,26,27,28,30). The average Bonchev–Trinajstić information content (AvgIpc) is 2.83. The molecule has 34 heavy (non-hydrogen) atoms. The zero-order chi connectivity index (χ0) is 24.2. The number of ether oxygens (including phenoxy) is 2. The van der Waals surface area contributed by atoms with Crippen molar-refractivity contribution in [1.29, 1.82) is 0 Å². The molecule has 0 saturated heterocycles. The molecule has 10 heteroatoms. The van der Waals surface area contributed by atoms with Crippen LogP contribution in [0.15, 0.2) is 36.4 Å². The third kappa shape index (κ3) is 4.92. The number of rotatable bonds is 8. The molecule has 3 aromatic rings. The molecule has 4 N–H and O–H groups in total. The number of likely N-dealkylation sites (N-methyl/N-ethyl adjacent to an activating group) is 1. The predicted octanol–water partition coefficient (Wildman–Crippen LogP) is 3.16. The Morgan fingerprint density at radius 1 is 1.12 bits per heavy atom. The fourth-order valence-electron chi connectivity index (χ4n) is 3.97. The molecule has 0 bridgehead atoms. The minimum atomic E-state index is -0.734. The molecule has 4 rings (SSSR count). The summed E-state index contributed by atoms with van der Waals surface area (Å²) >= 11 is 0. The largest absolute Gasteiger partial charge is 0.495 e. The molecular weight excluding hydrogens is 434 g/mol. The summed E-state index contributed by atoms with van der Waals surface area (Å²) in [5.41, 5.74) is 10.3. The van der Waals surface area contributed by atoms with Gasteiger partial charge in [0.2, 0.25) is 5.95 Å². The number of nitrogens with zero attached hydrogens (tertiary/aromatic N) is 4. The zero-order valence-electron chi connectivity index (χ0n) is 19.8. The van der Waals surface area contributed by atoms with Crippen molar-refractivity contribution in [2.75, 3.05) is 38.4 Å². The first-order chi connectivity index (χ1) is 16.4. The Kier molecular flexibility index (Phi) is 6.90. The summed E-state index contributed by atoms with van der Waals surface area (Å²) in [4.78, 5) is 18.8. The number of para-hydroxylation sites is 1. The van der Waals surface area contributed by atoms with Crippen molar-refractivity contribution in [2.24, 2.45) is 5.73 Å². The number of benzene rings is 2. The summed E-state index contributed by atoms with van der Waals surface area (Å²) in [5.74, 6) is 0.336. The molecule has 0 fully saturated rings. The Morgan fingerprint density at radius 2 is 1.91 bits per heavy atom. The molecule has 0 spiro atoms. The van der Waals surface area contributed by atoms with E-state index < -0.39 is 5.91 Å². The number of methoxy groups -OCH3 is 2. The number of nitrogens with two attached hydrogens (primary N) is 1. The smallest absolute Gasteiger partial charge is 0.273 e. The molecule has 1 aliphatic rings. The van der Waals surface area contributed by atoms with Gasteiger partial charge in [-0.3, -0.25) is 4.79 Å². The number of anilines is 4. The van der Waals surface area contributed by atoms with Crippen LogP contribution >= 0.6 is 0 Å². The molecule has 1 unspecified atom stereocenters. The van der Waals surface area contributed by atoms with Gasteiger partial charge < -0.3 is 30.7 Å². The lowest BCUT2D eigenvalue weighted by molar-refractivity contribution is 0.0995. The van der Waals surface area contributed by atoms with Gasteiger partial charge >= 0.3 is 0 Å². The molecule has 1 atom stereocenters. The first-order valence-electron chi connectivity index (χ1n) is 11.0. The van der Waals surface area contributed by atoms with Crippen molar-refractivity contribution in [3.63, 3.8) is 0 Å². The summed E-state index contributed by atoms with van der Waals surface area (Å²) in [6, 6.07) is 11.7. The van der Waals surface area contributed by atoms with Gasteiger partial charge in [0.1, 0.15) is 5.75 Å². The van der Waals surface area contributed by atoms with E-state index in [1.165, 1.54) is 11.1 Å². The van der Waals surface area contributed by atoms with Gasteiger partial charge in [-0.15, -0.1) is 10.2 Å². The number of nitrogens with one attached hydrogen (secondary N) is 2. The second-order valence-corrected chi connectivity index (χ2v) is 8.22. The Morgan fingerprint density at radius 3 is 2.65 bits per heavy atom. The molecule has 0 saturated carbocycles. The van der Waals surface area contributed by atoms with Gasteiger partial charge in [0, 0.05) is 31.5 Å². The van der Waals surface area contributed by atoms with Crippen LogP contribution in [0, 0.1) is 0 Å². The number of fused-ring (bicyclic) bond motifs is 1. The van der Waals surface area contributed by atoms with Gasteiger partial charge in [0.05, 0.1) is 18.9 Å². The molecule has 10 nitrogen and oxygen atoms in total. The van der Waals surface area contributed by atoms with Gasteiger partial charge in [-0.2, -0.15) is 4.98 Å². The fraction of sp³-hybridized carbons (Fsp3) is 0.333. The number of carbonyl (C=O) groups is 1. The van der Waals surface area contributed by atoms with Crippen LogP contribution in [-0.2, 0) is 17.7 Å². The van der Waals surface area contributed by atoms with Crippen molar-refractivity contribution in [3.8, 4) is 5.75 Å². The van der Waals surface area contributed by atoms with Gasteiger partial charge in [0.15, 0.2) is 11.5 Å². The van der Waals surface area contributed by atoms with Crippen molar-refractivity contribution in [1.82, 2.24) is 20.1 Å². The Bertz CT molecular complexity index is 1200. The van der Waals surface area contributed by atoms with E-state index in [0.717, 1.165) is 36.4 Å². The molecule has 1 aromatic heterocycles. The molecule has 2 heterocycles. The quantitative estimate of drug-likeness (QED) is 0.461.